The number of hydrogen-bond acceptors (Lipinski definition) is 8. The molecule has 0 radical (unpaired) electrons. The van der Waals surface area contributed by atoms with Gasteiger partial charge in [-0.05, 0) is 29.8 Å². The molecule has 30 heavy (non-hydrogen) atoms. The summed E-state index contributed by atoms with van der Waals surface area (Å²) >= 11 is 6.27. The molecule has 0 N–H and O–H groups in total. The number of nitrogens with zero attached hydrogens (tertiary/aromatic N) is 2. The zero-order valence-corrected chi connectivity index (χ0v) is 17.1. The van der Waals surface area contributed by atoms with Crippen LogP contribution in [0.5, 0.6) is 5.75 Å². The molecule has 1 amide bonds. The summed E-state index contributed by atoms with van der Waals surface area (Å²) in [6.45, 7) is 0.151. The Bertz CT molecular complexity index is 1040. The number of non-ortho nitro benzene ring substituents is 1. The molecule has 2 aromatic rings. The normalized spacial score (nSPS) is 14.9. The summed E-state index contributed by atoms with van der Waals surface area (Å²) in [7, 11) is 0. The zero-order chi connectivity index (χ0) is 21.7. The van der Waals surface area contributed by atoms with Crippen molar-refractivity contribution < 1.29 is 24.4 Å². The van der Waals surface area contributed by atoms with Crippen LogP contribution in [-0.4, -0.2) is 32.6 Å². The Morgan fingerprint density at radius 3 is 2.57 bits per heavy atom. The molecule has 0 bridgehead atoms. The van der Waals surface area contributed by atoms with E-state index in [9.17, 15) is 24.8 Å². The van der Waals surface area contributed by atoms with Crippen LogP contribution >= 0.6 is 24.0 Å². The maximum absolute atomic E-state index is 12.6. The molecule has 1 heterocycles. The number of carboxylic acids is 1. The molecule has 2 aromatic carbocycles. The van der Waals surface area contributed by atoms with Crippen molar-refractivity contribution in [3.05, 3.63) is 74.7 Å². The third kappa shape index (κ3) is 5.22. The molecule has 1 aliphatic rings. The number of carbonyl (C=O) groups is 2. The minimum Gasteiger partial charge on any atom is -0.550 e. The maximum atomic E-state index is 12.6. The Hall–Kier alpha value is -3.24. The van der Waals surface area contributed by atoms with Crippen LogP contribution in [0.25, 0.3) is 6.08 Å². The van der Waals surface area contributed by atoms with Gasteiger partial charge in [-0.3, -0.25) is 19.8 Å². The van der Waals surface area contributed by atoms with Crippen LogP contribution in [0.3, 0.4) is 0 Å². The Balaban J connectivity index is 1.73. The number of nitro benzene ring substituents is 1. The number of para-hydroxylation sites is 1. The van der Waals surface area contributed by atoms with E-state index in [1.165, 1.54) is 17.0 Å². The Labute approximate surface area is 181 Å². The van der Waals surface area contributed by atoms with Crippen molar-refractivity contribution in [1.82, 2.24) is 4.90 Å². The average molecular weight is 443 g/mol. The van der Waals surface area contributed by atoms with Gasteiger partial charge in [0.2, 0.25) is 0 Å². The van der Waals surface area contributed by atoms with Gasteiger partial charge in [-0.2, -0.15) is 0 Å². The number of carboxylic acid groups (broad SMARTS) is 1. The highest BCUT2D eigenvalue weighted by molar-refractivity contribution is 8.26. The van der Waals surface area contributed by atoms with E-state index >= 15 is 0 Å². The minimum absolute atomic E-state index is 0.000133. The lowest BCUT2D eigenvalue weighted by Crippen LogP contribution is -2.33. The fourth-order valence-corrected chi connectivity index (χ4v) is 3.94. The number of hydrogen-bond donors (Lipinski definition) is 0. The van der Waals surface area contributed by atoms with Crippen LogP contribution in [0.2, 0.25) is 0 Å². The molecular weight excluding hydrogens is 428 g/mol. The van der Waals surface area contributed by atoms with Crippen molar-refractivity contribution >= 4 is 51.9 Å². The summed E-state index contributed by atoms with van der Waals surface area (Å²) in [5.41, 5.74) is 1.41. The molecule has 0 saturated carbocycles. The first kappa shape index (κ1) is 21.5. The molecule has 1 aliphatic heterocycles. The van der Waals surface area contributed by atoms with E-state index in [0.717, 1.165) is 17.3 Å². The van der Waals surface area contributed by atoms with Crippen molar-refractivity contribution in [2.75, 3.05) is 6.54 Å². The average Bonchev–Trinajstić information content (AvgIpc) is 2.98. The minimum atomic E-state index is -1.25. The third-order valence-corrected chi connectivity index (χ3v) is 5.54. The van der Waals surface area contributed by atoms with Gasteiger partial charge in [0.1, 0.15) is 16.7 Å². The number of carbonyl (C=O) groups excluding carboxylic acids is 2. The van der Waals surface area contributed by atoms with E-state index < -0.39 is 10.9 Å². The zero-order valence-electron chi connectivity index (χ0n) is 15.5. The van der Waals surface area contributed by atoms with E-state index in [2.05, 4.69) is 0 Å². The fourth-order valence-electron chi connectivity index (χ4n) is 2.64. The molecule has 10 heteroatoms. The van der Waals surface area contributed by atoms with Crippen LogP contribution in [0, 0.1) is 10.1 Å². The summed E-state index contributed by atoms with van der Waals surface area (Å²) < 4.78 is 6.12. The van der Waals surface area contributed by atoms with E-state index in [4.69, 9.17) is 17.0 Å². The number of thioether (sulfide) groups is 1. The first-order valence-electron chi connectivity index (χ1n) is 8.75. The van der Waals surface area contributed by atoms with Crippen LogP contribution in [0.4, 0.5) is 5.69 Å². The summed E-state index contributed by atoms with van der Waals surface area (Å²) in [6.07, 6.45) is 1.35. The Morgan fingerprint density at radius 2 is 1.90 bits per heavy atom. The van der Waals surface area contributed by atoms with Gasteiger partial charge in [0.15, 0.2) is 0 Å². The predicted octanol–water partition coefficient (Wildman–Crippen LogP) is 2.52. The molecule has 1 fully saturated rings. The second-order valence-corrected chi connectivity index (χ2v) is 7.88. The molecule has 0 atom stereocenters. The first-order valence-corrected chi connectivity index (χ1v) is 9.98. The van der Waals surface area contributed by atoms with Gasteiger partial charge in [-0.25, -0.2) is 0 Å². The summed E-state index contributed by atoms with van der Waals surface area (Å²) in [5, 5.41) is 21.4. The van der Waals surface area contributed by atoms with Gasteiger partial charge in [0.05, 0.1) is 9.83 Å². The largest absolute Gasteiger partial charge is 0.550 e. The van der Waals surface area contributed by atoms with Crippen molar-refractivity contribution in [3.8, 4) is 5.75 Å². The molecule has 3 rings (SSSR count). The number of rotatable bonds is 8. The number of ether oxygens (including phenoxy) is 1. The Morgan fingerprint density at radius 1 is 1.20 bits per heavy atom. The molecule has 8 nitrogen and oxygen atoms in total. The van der Waals surface area contributed by atoms with E-state index in [1.54, 1.807) is 42.5 Å². The SMILES string of the molecule is O=C([O-])CCN1C(=O)/C(=C/c2ccccc2OCc2ccc([N+](=O)[O-])cc2)SC1=S. The number of aliphatic carboxylic acids is 1. The number of amides is 1. The lowest BCUT2D eigenvalue weighted by Gasteiger charge is -2.14. The van der Waals surface area contributed by atoms with Crippen LogP contribution in [0.15, 0.2) is 53.4 Å². The second kappa shape index (κ2) is 9.51. The van der Waals surface area contributed by atoms with Crippen LogP contribution in [-0.2, 0) is 16.2 Å². The first-order chi connectivity index (χ1) is 14.3. The van der Waals surface area contributed by atoms with E-state index in [1.807, 2.05) is 0 Å². The molecule has 0 unspecified atom stereocenters. The lowest BCUT2D eigenvalue weighted by molar-refractivity contribution is -0.384. The number of benzene rings is 2. The van der Waals surface area contributed by atoms with Crippen molar-refractivity contribution in [2.45, 2.75) is 13.0 Å². The Kier molecular flexibility index (Phi) is 6.80. The smallest absolute Gasteiger partial charge is 0.269 e. The molecular formula is C20H15N2O6S2-. The number of thiocarbonyl (C=S) groups is 1. The molecule has 154 valence electrons. The summed E-state index contributed by atoms with van der Waals surface area (Å²) in [6, 6.07) is 13.1. The highest BCUT2D eigenvalue weighted by atomic mass is 32.2. The van der Waals surface area contributed by atoms with E-state index in [0.29, 0.717) is 16.2 Å². The van der Waals surface area contributed by atoms with Gasteiger partial charge in [0, 0.05) is 36.6 Å². The quantitative estimate of drug-likeness (QED) is 0.265. The molecule has 0 spiro atoms. The summed E-state index contributed by atoms with van der Waals surface area (Å²) in [5.74, 6) is -1.09. The molecule has 0 aliphatic carbocycles. The predicted molar refractivity (Wildman–Crippen MR) is 113 cm³/mol. The van der Waals surface area contributed by atoms with Gasteiger partial charge >= 0.3 is 0 Å². The van der Waals surface area contributed by atoms with Gasteiger partial charge in [-0.1, -0.05) is 42.2 Å². The third-order valence-electron chi connectivity index (χ3n) is 4.16. The van der Waals surface area contributed by atoms with Crippen LogP contribution < -0.4 is 9.84 Å². The standard InChI is InChI=1S/C20H16N2O6S2/c23-18(24)9-10-21-19(25)17(30-20(21)29)11-14-3-1-2-4-16(14)28-12-13-5-7-15(8-6-13)22(26)27/h1-8,11H,9-10,12H2,(H,23,24)/p-1/b17-11-. The fraction of sp³-hybridized carbons (Fsp3) is 0.150. The lowest BCUT2D eigenvalue weighted by atomic mass is 10.1. The topological polar surface area (TPSA) is 113 Å². The molecule has 1 saturated heterocycles. The van der Waals surface area contributed by atoms with Gasteiger partial charge < -0.3 is 14.6 Å². The monoisotopic (exact) mass is 443 g/mol. The van der Waals surface area contributed by atoms with Crippen molar-refractivity contribution in [3.63, 3.8) is 0 Å². The van der Waals surface area contributed by atoms with Crippen molar-refractivity contribution in [2.24, 2.45) is 0 Å². The summed E-state index contributed by atoms with van der Waals surface area (Å²) in [4.78, 5) is 35.1. The van der Waals surface area contributed by atoms with Crippen LogP contribution in [0.1, 0.15) is 17.5 Å². The highest BCUT2D eigenvalue weighted by Gasteiger charge is 2.31. The van der Waals surface area contributed by atoms with E-state index in [-0.39, 0.29) is 35.5 Å². The highest BCUT2D eigenvalue weighted by Crippen LogP contribution is 2.34. The van der Waals surface area contributed by atoms with Crippen molar-refractivity contribution in [1.29, 1.82) is 0 Å². The van der Waals surface area contributed by atoms with Gasteiger partial charge in [-0.15, -0.1) is 0 Å². The maximum Gasteiger partial charge on any atom is 0.269 e. The number of nitro groups is 1. The second-order valence-electron chi connectivity index (χ2n) is 6.21. The van der Waals surface area contributed by atoms with Gasteiger partial charge in [0.25, 0.3) is 11.6 Å². The molecule has 0 aromatic heterocycles.